The van der Waals surface area contributed by atoms with E-state index in [1.807, 2.05) is 6.07 Å². The molecule has 19 heavy (non-hydrogen) atoms. The van der Waals surface area contributed by atoms with E-state index in [-0.39, 0.29) is 0 Å². The molecule has 0 unspecified atom stereocenters. The maximum Gasteiger partial charge on any atom is 0.136 e. The van der Waals surface area contributed by atoms with Crippen molar-refractivity contribution in [1.82, 2.24) is 15.3 Å². The average molecular weight is 254 g/mol. The molecule has 0 spiro atoms. The van der Waals surface area contributed by atoms with Crippen LogP contribution in [0.5, 0.6) is 0 Å². The summed E-state index contributed by atoms with van der Waals surface area (Å²) in [5.41, 5.74) is 3.72. The van der Waals surface area contributed by atoms with Gasteiger partial charge in [-0.05, 0) is 5.56 Å². The Bertz CT molecular complexity index is 553. The Morgan fingerprint density at radius 2 is 2.05 bits per heavy atom. The number of hydrogen-bond acceptors (Lipinski definition) is 4. The molecule has 0 saturated carbocycles. The summed E-state index contributed by atoms with van der Waals surface area (Å²) in [4.78, 5) is 11.1. The number of fused-ring (bicyclic) bond motifs is 1. The van der Waals surface area contributed by atoms with Crippen LogP contribution in [0.25, 0.3) is 0 Å². The molecule has 1 aliphatic rings. The average Bonchev–Trinajstić information content (AvgIpc) is 2.47. The zero-order chi connectivity index (χ0) is 13.1. The highest BCUT2D eigenvalue weighted by molar-refractivity contribution is 5.49. The van der Waals surface area contributed by atoms with E-state index in [1.165, 1.54) is 16.8 Å². The van der Waals surface area contributed by atoms with E-state index in [0.29, 0.717) is 0 Å². The Balaban J connectivity index is 1.86. The largest absolute Gasteiger partial charge is 0.355 e. The second kappa shape index (κ2) is 5.36. The van der Waals surface area contributed by atoms with E-state index in [1.54, 1.807) is 6.33 Å². The van der Waals surface area contributed by atoms with Gasteiger partial charge in [-0.25, -0.2) is 9.97 Å². The Kier molecular flexibility index (Phi) is 3.42. The summed E-state index contributed by atoms with van der Waals surface area (Å²) in [7, 11) is 2.09. The highest BCUT2D eigenvalue weighted by Crippen LogP contribution is 2.22. The lowest BCUT2D eigenvalue weighted by Crippen LogP contribution is -2.28. The number of benzene rings is 1. The first-order valence-electron chi connectivity index (χ1n) is 6.63. The summed E-state index contributed by atoms with van der Waals surface area (Å²) in [6.45, 7) is 2.74. The molecule has 0 amide bonds. The van der Waals surface area contributed by atoms with Gasteiger partial charge in [-0.3, -0.25) is 0 Å². The van der Waals surface area contributed by atoms with Gasteiger partial charge in [-0.2, -0.15) is 0 Å². The van der Waals surface area contributed by atoms with Gasteiger partial charge in [-0.15, -0.1) is 0 Å². The molecule has 4 nitrogen and oxygen atoms in total. The standard InChI is InChI=1S/C15H18N4/c1-19(10-12-5-3-2-4-6-12)15-13-9-16-8-7-14(13)17-11-18-15/h2-6,11,16H,7-10H2,1H3. The molecule has 1 aromatic heterocycles. The number of rotatable bonds is 3. The first kappa shape index (κ1) is 12.1. The van der Waals surface area contributed by atoms with Gasteiger partial charge in [0.05, 0.1) is 5.69 Å². The molecule has 1 aliphatic heterocycles. The number of anilines is 1. The highest BCUT2D eigenvalue weighted by Gasteiger charge is 2.17. The van der Waals surface area contributed by atoms with E-state index in [2.05, 4.69) is 51.5 Å². The quantitative estimate of drug-likeness (QED) is 0.906. The van der Waals surface area contributed by atoms with Crippen molar-refractivity contribution >= 4 is 5.82 Å². The van der Waals surface area contributed by atoms with Gasteiger partial charge < -0.3 is 10.2 Å². The minimum Gasteiger partial charge on any atom is -0.355 e. The van der Waals surface area contributed by atoms with Gasteiger partial charge in [0.1, 0.15) is 12.1 Å². The van der Waals surface area contributed by atoms with Gasteiger partial charge in [0.15, 0.2) is 0 Å². The molecule has 0 aliphatic carbocycles. The van der Waals surface area contributed by atoms with Crippen molar-refractivity contribution in [2.24, 2.45) is 0 Å². The number of nitrogens with zero attached hydrogens (tertiary/aromatic N) is 3. The van der Waals surface area contributed by atoms with E-state index in [9.17, 15) is 0 Å². The summed E-state index contributed by atoms with van der Waals surface area (Å²) < 4.78 is 0. The fourth-order valence-corrected chi connectivity index (χ4v) is 2.52. The van der Waals surface area contributed by atoms with Crippen molar-refractivity contribution in [1.29, 1.82) is 0 Å². The molecule has 98 valence electrons. The van der Waals surface area contributed by atoms with Crippen LogP contribution in [0.1, 0.15) is 16.8 Å². The molecule has 2 aromatic rings. The first-order valence-corrected chi connectivity index (χ1v) is 6.63. The molecule has 0 fully saturated rings. The Hall–Kier alpha value is -1.94. The third kappa shape index (κ3) is 2.58. The van der Waals surface area contributed by atoms with Crippen LogP contribution in [-0.4, -0.2) is 23.6 Å². The Morgan fingerprint density at radius 3 is 2.89 bits per heavy atom. The van der Waals surface area contributed by atoms with Gasteiger partial charge in [0.25, 0.3) is 0 Å². The zero-order valence-corrected chi connectivity index (χ0v) is 11.1. The predicted molar refractivity (Wildman–Crippen MR) is 76.0 cm³/mol. The minimum absolute atomic E-state index is 0.865. The maximum atomic E-state index is 4.46. The van der Waals surface area contributed by atoms with Crippen LogP contribution in [0.3, 0.4) is 0 Å². The third-order valence-corrected chi connectivity index (χ3v) is 3.48. The highest BCUT2D eigenvalue weighted by atomic mass is 15.2. The van der Waals surface area contributed by atoms with E-state index in [4.69, 9.17) is 0 Å². The van der Waals surface area contributed by atoms with Crippen molar-refractivity contribution in [2.75, 3.05) is 18.5 Å². The monoisotopic (exact) mass is 254 g/mol. The number of hydrogen-bond donors (Lipinski definition) is 1. The number of aromatic nitrogens is 2. The van der Waals surface area contributed by atoms with Crippen LogP contribution in [0.4, 0.5) is 5.82 Å². The molecule has 3 rings (SSSR count). The summed E-state index contributed by atoms with van der Waals surface area (Å²) in [6, 6.07) is 10.5. The molecule has 0 radical (unpaired) electrons. The topological polar surface area (TPSA) is 41.1 Å². The van der Waals surface area contributed by atoms with E-state index < -0.39 is 0 Å². The van der Waals surface area contributed by atoms with Crippen molar-refractivity contribution in [2.45, 2.75) is 19.5 Å². The van der Waals surface area contributed by atoms with Crippen LogP contribution in [-0.2, 0) is 19.5 Å². The molecule has 4 heteroatoms. The molecule has 2 heterocycles. The smallest absolute Gasteiger partial charge is 0.136 e. The van der Waals surface area contributed by atoms with Gasteiger partial charge in [-0.1, -0.05) is 30.3 Å². The van der Waals surface area contributed by atoms with E-state index >= 15 is 0 Å². The van der Waals surface area contributed by atoms with Crippen molar-refractivity contribution in [3.63, 3.8) is 0 Å². The zero-order valence-electron chi connectivity index (χ0n) is 11.1. The maximum absolute atomic E-state index is 4.46. The lowest BCUT2D eigenvalue weighted by Gasteiger charge is -2.25. The van der Waals surface area contributed by atoms with Crippen LogP contribution in [0.15, 0.2) is 36.7 Å². The second-order valence-electron chi connectivity index (χ2n) is 4.89. The minimum atomic E-state index is 0.865. The van der Waals surface area contributed by atoms with Crippen LogP contribution in [0.2, 0.25) is 0 Å². The second-order valence-corrected chi connectivity index (χ2v) is 4.89. The van der Waals surface area contributed by atoms with Gasteiger partial charge >= 0.3 is 0 Å². The lowest BCUT2D eigenvalue weighted by molar-refractivity contribution is 0.622. The Morgan fingerprint density at radius 1 is 1.21 bits per heavy atom. The van der Waals surface area contributed by atoms with Crippen LogP contribution >= 0.6 is 0 Å². The summed E-state index contributed by atoms with van der Waals surface area (Å²) >= 11 is 0. The molecule has 1 aromatic carbocycles. The molecule has 0 atom stereocenters. The Labute approximate surface area is 113 Å². The third-order valence-electron chi connectivity index (χ3n) is 3.48. The molecular formula is C15H18N4. The molecule has 0 saturated heterocycles. The molecule has 0 bridgehead atoms. The molecule has 1 N–H and O–H groups in total. The van der Waals surface area contributed by atoms with Crippen LogP contribution < -0.4 is 10.2 Å². The normalized spacial score (nSPS) is 13.9. The summed E-state index contributed by atoms with van der Waals surface area (Å²) in [5, 5.41) is 3.39. The van der Waals surface area contributed by atoms with Crippen molar-refractivity contribution in [3.8, 4) is 0 Å². The predicted octanol–water partition coefficient (Wildman–Crippen LogP) is 1.76. The van der Waals surface area contributed by atoms with Crippen molar-refractivity contribution < 1.29 is 0 Å². The molecular weight excluding hydrogens is 236 g/mol. The van der Waals surface area contributed by atoms with Crippen molar-refractivity contribution in [3.05, 3.63) is 53.5 Å². The number of nitrogens with one attached hydrogen (secondary N) is 1. The SMILES string of the molecule is CN(Cc1ccccc1)c1ncnc2c1CNCC2. The van der Waals surface area contributed by atoms with Gasteiger partial charge in [0.2, 0.25) is 0 Å². The fraction of sp³-hybridized carbons (Fsp3) is 0.333. The lowest BCUT2D eigenvalue weighted by atomic mass is 10.1. The fourth-order valence-electron chi connectivity index (χ4n) is 2.52. The summed E-state index contributed by atoms with van der Waals surface area (Å²) in [5.74, 6) is 1.04. The van der Waals surface area contributed by atoms with Crippen LogP contribution in [0, 0.1) is 0 Å². The van der Waals surface area contributed by atoms with E-state index in [0.717, 1.165) is 31.9 Å². The van der Waals surface area contributed by atoms with Gasteiger partial charge in [0, 0.05) is 38.7 Å². The first-order chi connectivity index (χ1) is 9.34. The summed E-state index contributed by atoms with van der Waals surface area (Å²) in [6.07, 6.45) is 2.67.